The van der Waals surface area contributed by atoms with Crippen LogP contribution in [-0.4, -0.2) is 96.7 Å². The maximum absolute atomic E-state index is 13.1. The van der Waals surface area contributed by atoms with Gasteiger partial charge >= 0.3 is 39.5 Å². The SMILES string of the molecule is CC/C=C\C/C=C\C/C=C\C/C=C\C/C=C\C/C=C\CCC(=O)OCC(COP(=O)(O)OCC(O)COP(=O)(O)OCC(COC(=O)CCCCC/C=C\C/C=C\C/C=C\C/C=C\C/C=C\CC)OC(=O)CCCCCCCCCCCCC)OC(=O)CCCCCCCCC/C=C\C/C=C\C/C=C\CC. The molecular formula is C87H142O17P2. The minimum atomic E-state index is -5.01. The molecule has 0 aromatic carbocycles. The molecule has 0 saturated heterocycles. The van der Waals surface area contributed by atoms with Gasteiger partial charge in [-0.1, -0.05) is 301 Å². The van der Waals surface area contributed by atoms with Crippen molar-refractivity contribution in [2.45, 2.75) is 316 Å². The van der Waals surface area contributed by atoms with E-state index in [1.807, 2.05) is 18.2 Å². The molecule has 106 heavy (non-hydrogen) atoms. The number of unbranched alkanes of at least 4 members (excludes halogenated alkanes) is 20. The normalized spacial score (nSPS) is 14.7. The Kier molecular flexibility index (Phi) is 73.5. The summed E-state index contributed by atoms with van der Waals surface area (Å²) in [6.07, 6.45) is 92.1. The summed E-state index contributed by atoms with van der Waals surface area (Å²) in [6.45, 7) is 4.39. The van der Waals surface area contributed by atoms with E-state index in [2.05, 4.69) is 180 Å². The third-order valence-electron chi connectivity index (χ3n) is 16.2. The Morgan fingerprint density at radius 3 is 0.821 bits per heavy atom. The topological polar surface area (TPSA) is 237 Å². The van der Waals surface area contributed by atoms with Crippen molar-refractivity contribution in [1.82, 2.24) is 0 Å². The van der Waals surface area contributed by atoms with Crippen LogP contribution in [0.25, 0.3) is 0 Å². The fourth-order valence-corrected chi connectivity index (χ4v) is 11.7. The molecule has 0 heterocycles. The first kappa shape index (κ1) is 100. The Labute approximate surface area is 642 Å². The van der Waals surface area contributed by atoms with Crippen molar-refractivity contribution >= 4 is 39.5 Å². The lowest BCUT2D eigenvalue weighted by Crippen LogP contribution is -2.30. The number of hydrogen-bond acceptors (Lipinski definition) is 15. The molecule has 0 aliphatic carbocycles. The summed E-state index contributed by atoms with van der Waals surface area (Å²) in [5.41, 5.74) is 0. The second-order valence-corrected chi connectivity index (χ2v) is 29.1. The summed E-state index contributed by atoms with van der Waals surface area (Å²) in [5.74, 6) is -2.33. The molecule has 0 amide bonds. The van der Waals surface area contributed by atoms with Crippen LogP contribution in [0.5, 0.6) is 0 Å². The molecule has 0 aliphatic rings. The van der Waals surface area contributed by atoms with Crippen LogP contribution in [0.2, 0.25) is 0 Å². The molecule has 5 atom stereocenters. The Hall–Kier alpha value is -5.58. The predicted molar refractivity (Wildman–Crippen MR) is 436 cm³/mol. The van der Waals surface area contributed by atoms with Crippen molar-refractivity contribution in [3.63, 3.8) is 0 Å². The lowest BCUT2D eigenvalue weighted by Gasteiger charge is -2.21. The van der Waals surface area contributed by atoms with Gasteiger partial charge in [0, 0.05) is 25.7 Å². The van der Waals surface area contributed by atoms with Gasteiger partial charge in [0.05, 0.1) is 26.4 Å². The molecule has 0 spiro atoms. The van der Waals surface area contributed by atoms with Gasteiger partial charge in [0.1, 0.15) is 19.3 Å². The van der Waals surface area contributed by atoms with E-state index < -0.39 is 97.5 Å². The van der Waals surface area contributed by atoms with Crippen LogP contribution in [0.3, 0.4) is 0 Å². The molecule has 0 bridgehead atoms. The lowest BCUT2D eigenvalue weighted by atomic mass is 10.1. The van der Waals surface area contributed by atoms with E-state index in [9.17, 15) is 43.2 Å². The van der Waals surface area contributed by atoms with Crippen molar-refractivity contribution in [1.29, 1.82) is 0 Å². The Morgan fingerprint density at radius 2 is 0.509 bits per heavy atom. The smallest absolute Gasteiger partial charge is 0.462 e. The average Bonchev–Trinajstić information content (AvgIpc) is 0.919. The van der Waals surface area contributed by atoms with Gasteiger partial charge in [0.15, 0.2) is 12.2 Å². The first-order chi connectivity index (χ1) is 51.7. The molecule has 17 nitrogen and oxygen atoms in total. The third-order valence-corrected chi connectivity index (χ3v) is 18.1. The average molecular weight is 1520 g/mol. The highest BCUT2D eigenvalue weighted by Crippen LogP contribution is 2.45. The minimum Gasteiger partial charge on any atom is -0.462 e. The molecule has 0 fully saturated rings. The number of rotatable bonds is 74. The largest absolute Gasteiger partial charge is 0.472 e. The first-order valence-corrected chi connectivity index (χ1v) is 43.4. The van der Waals surface area contributed by atoms with Gasteiger partial charge in [-0.2, -0.15) is 0 Å². The van der Waals surface area contributed by atoms with Gasteiger partial charge in [0.2, 0.25) is 0 Å². The van der Waals surface area contributed by atoms with Crippen LogP contribution in [-0.2, 0) is 65.4 Å². The minimum absolute atomic E-state index is 0.0282. The molecule has 0 aromatic rings. The predicted octanol–water partition coefficient (Wildman–Crippen LogP) is 23.8. The molecular weight excluding hydrogens is 1380 g/mol. The Balaban J connectivity index is 5.44. The molecule has 0 radical (unpaired) electrons. The molecule has 0 rings (SSSR count). The molecule has 0 saturated carbocycles. The van der Waals surface area contributed by atoms with Gasteiger partial charge in [0.25, 0.3) is 0 Å². The Bertz CT molecular complexity index is 2680. The van der Waals surface area contributed by atoms with Crippen LogP contribution in [0, 0.1) is 0 Å². The van der Waals surface area contributed by atoms with Crippen LogP contribution >= 0.6 is 15.6 Å². The van der Waals surface area contributed by atoms with Crippen molar-refractivity contribution in [3.8, 4) is 0 Å². The summed E-state index contributed by atoms with van der Waals surface area (Å²) in [5, 5.41) is 10.6. The fraction of sp³-hybridized carbons (Fsp3) is 0.632. The highest BCUT2D eigenvalue weighted by molar-refractivity contribution is 7.47. The van der Waals surface area contributed by atoms with Crippen molar-refractivity contribution < 1.29 is 80.2 Å². The van der Waals surface area contributed by atoms with Gasteiger partial charge < -0.3 is 33.8 Å². The van der Waals surface area contributed by atoms with Crippen LogP contribution in [0.4, 0.5) is 0 Å². The van der Waals surface area contributed by atoms with E-state index in [0.717, 1.165) is 173 Å². The molecule has 0 aromatic heterocycles. The number of carbonyl (C=O) groups excluding carboxylic acids is 4. The Morgan fingerprint density at radius 1 is 0.274 bits per heavy atom. The van der Waals surface area contributed by atoms with Gasteiger partial charge in [-0.15, -0.1) is 0 Å². The lowest BCUT2D eigenvalue weighted by molar-refractivity contribution is -0.161. The highest BCUT2D eigenvalue weighted by Gasteiger charge is 2.30. The maximum Gasteiger partial charge on any atom is 0.472 e. The second kappa shape index (κ2) is 77.6. The van der Waals surface area contributed by atoms with E-state index in [0.29, 0.717) is 32.1 Å². The maximum atomic E-state index is 13.1. The molecule has 602 valence electrons. The zero-order chi connectivity index (χ0) is 77.4. The third kappa shape index (κ3) is 76.6. The summed E-state index contributed by atoms with van der Waals surface area (Å²) >= 11 is 0. The summed E-state index contributed by atoms with van der Waals surface area (Å²) < 4.78 is 68.5. The summed E-state index contributed by atoms with van der Waals surface area (Å²) in [7, 11) is -10.00. The zero-order valence-electron chi connectivity index (χ0n) is 65.8. The van der Waals surface area contributed by atoms with Gasteiger partial charge in [-0.05, 0) is 141 Å². The molecule has 5 unspecified atom stereocenters. The number of esters is 4. The van der Waals surface area contributed by atoms with Crippen molar-refractivity contribution in [3.05, 3.63) is 170 Å². The molecule has 19 heteroatoms. The van der Waals surface area contributed by atoms with Crippen LogP contribution < -0.4 is 0 Å². The first-order valence-electron chi connectivity index (χ1n) is 40.4. The molecule has 3 N–H and O–H groups in total. The van der Waals surface area contributed by atoms with Crippen molar-refractivity contribution in [2.24, 2.45) is 0 Å². The van der Waals surface area contributed by atoms with Crippen molar-refractivity contribution in [2.75, 3.05) is 39.6 Å². The number of carbonyl (C=O) groups is 4. The second-order valence-electron chi connectivity index (χ2n) is 26.2. The quantitative estimate of drug-likeness (QED) is 0.0169. The van der Waals surface area contributed by atoms with Crippen LogP contribution in [0.1, 0.15) is 297 Å². The zero-order valence-corrected chi connectivity index (χ0v) is 67.6. The van der Waals surface area contributed by atoms with Gasteiger partial charge in [-0.25, -0.2) is 9.13 Å². The highest BCUT2D eigenvalue weighted by atomic mass is 31.2. The number of phosphoric acid groups is 2. The van der Waals surface area contributed by atoms with E-state index in [4.69, 9.17) is 37.0 Å². The van der Waals surface area contributed by atoms with E-state index in [1.54, 1.807) is 0 Å². The monoisotopic (exact) mass is 1520 g/mol. The summed E-state index contributed by atoms with van der Waals surface area (Å²) in [6, 6.07) is 0. The van der Waals surface area contributed by atoms with E-state index >= 15 is 0 Å². The number of hydrogen-bond donors (Lipinski definition) is 3. The fourth-order valence-electron chi connectivity index (χ4n) is 10.2. The number of aliphatic hydroxyl groups is 1. The number of ether oxygens (including phenoxy) is 4. The van der Waals surface area contributed by atoms with Gasteiger partial charge in [-0.3, -0.25) is 37.3 Å². The summed E-state index contributed by atoms with van der Waals surface area (Å²) in [4.78, 5) is 73.0. The molecule has 0 aliphatic heterocycles. The number of phosphoric ester groups is 2. The van der Waals surface area contributed by atoms with Crippen LogP contribution in [0.15, 0.2) is 170 Å². The number of allylic oxidation sites excluding steroid dienone is 28. The number of aliphatic hydroxyl groups excluding tert-OH is 1. The van der Waals surface area contributed by atoms with E-state index in [-0.39, 0.29) is 25.7 Å². The van der Waals surface area contributed by atoms with E-state index in [1.165, 1.54) is 38.5 Å². The standard InChI is InChI=1S/C87H142O17P2/c1-5-9-13-17-21-25-29-32-35-38-40-43-45-48-52-55-59-63-67-71-84(89)97-77-82(103-86(91)73-69-65-61-57-51-28-24-20-16-12-8-4)79-101-105(93,94)99-75-81(88)76-100-106(95,96)102-80-83(104-87(92)74-70-66-62-58-54-50-47-42-37-34-31-27-23-19-15-11-7-3)78-98-85(90)72-68-64-60-56-53-49-46-44-41-39-36-33-30-26-22-18-14-10-6-2/h9-11,13-15,21-23,25-27,32-37,40-41,43-44,48-49,52-53,60,64,81-83,88H,5-8,12,16-20,24,28-31,38-39,42,45-47,50-51,54-59,61-63,65-80H2,1-4H3,(H,93,94)(H,95,96)/b13-9-,14-10-,15-11-,25-21-,26-22-,27-23-,35-32-,36-33-,37-34-,43-40-,44-41-,52-48-,53-49-,64-60-.